The molecule has 0 amide bonds. The second-order valence-corrected chi connectivity index (χ2v) is 6.25. The SMILES string of the molecule is CC(CNS(=O)(=O)c1ccccc1)C1CC1. The van der Waals surface area contributed by atoms with E-state index in [2.05, 4.69) is 11.6 Å². The molecule has 1 aromatic rings. The molecule has 1 fully saturated rings. The maximum absolute atomic E-state index is 11.9. The minimum Gasteiger partial charge on any atom is -0.211 e. The van der Waals surface area contributed by atoms with E-state index in [0.717, 1.165) is 5.92 Å². The van der Waals surface area contributed by atoms with Gasteiger partial charge in [0.15, 0.2) is 0 Å². The molecule has 1 aliphatic carbocycles. The van der Waals surface area contributed by atoms with Gasteiger partial charge in [-0.2, -0.15) is 0 Å². The third-order valence-electron chi connectivity index (χ3n) is 3.08. The van der Waals surface area contributed by atoms with Gasteiger partial charge >= 0.3 is 0 Å². The van der Waals surface area contributed by atoms with Crippen LogP contribution in [0.3, 0.4) is 0 Å². The van der Waals surface area contributed by atoms with Gasteiger partial charge in [-0.1, -0.05) is 25.1 Å². The molecule has 1 aliphatic rings. The maximum Gasteiger partial charge on any atom is 0.240 e. The van der Waals surface area contributed by atoms with Crippen molar-refractivity contribution in [2.24, 2.45) is 11.8 Å². The van der Waals surface area contributed by atoms with Crippen LogP contribution in [0.4, 0.5) is 0 Å². The highest BCUT2D eigenvalue weighted by atomic mass is 32.2. The van der Waals surface area contributed by atoms with Crippen molar-refractivity contribution < 1.29 is 8.42 Å². The van der Waals surface area contributed by atoms with Crippen LogP contribution in [0.15, 0.2) is 35.2 Å². The van der Waals surface area contributed by atoms with Crippen LogP contribution in [-0.4, -0.2) is 15.0 Å². The Morgan fingerprint density at radius 2 is 1.94 bits per heavy atom. The minimum atomic E-state index is -3.31. The normalized spacial score (nSPS) is 18.3. The standard InChI is InChI=1S/C12H17NO2S/c1-10(11-7-8-11)9-13-16(14,15)12-5-3-2-4-6-12/h2-6,10-11,13H,7-9H2,1H3. The second-order valence-electron chi connectivity index (χ2n) is 4.48. The first-order valence-electron chi connectivity index (χ1n) is 5.64. The molecule has 0 heterocycles. The van der Waals surface area contributed by atoms with Crippen LogP contribution in [0.25, 0.3) is 0 Å². The number of nitrogens with one attached hydrogen (secondary N) is 1. The lowest BCUT2D eigenvalue weighted by molar-refractivity contribution is 0.492. The molecule has 1 N–H and O–H groups in total. The summed E-state index contributed by atoms with van der Waals surface area (Å²) in [6.45, 7) is 2.65. The van der Waals surface area contributed by atoms with E-state index in [0.29, 0.717) is 17.4 Å². The summed E-state index contributed by atoms with van der Waals surface area (Å²) >= 11 is 0. The van der Waals surface area contributed by atoms with Crippen molar-refractivity contribution in [3.8, 4) is 0 Å². The van der Waals surface area contributed by atoms with Crippen LogP contribution in [0.1, 0.15) is 19.8 Å². The number of hydrogen-bond donors (Lipinski definition) is 1. The van der Waals surface area contributed by atoms with Crippen molar-refractivity contribution >= 4 is 10.0 Å². The summed E-state index contributed by atoms with van der Waals surface area (Å²) in [7, 11) is -3.31. The van der Waals surface area contributed by atoms with E-state index in [1.807, 2.05) is 6.07 Å². The van der Waals surface area contributed by atoms with Gasteiger partial charge in [0, 0.05) is 6.54 Å². The Bertz CT molecular complexity index is 437. The molecule has 0 saturated heterocycles. The van der Waals surface area contributed by atoms with Gasteiger partial charge in [0.25, 0.3) is 0 Å². The smallest absolute Gasteiger partial charge is 0.211 e. The van der Waals surface area contributed by atoms with Crippen molar-refractivity contribution in [3.05, 3.63) is 30.3 Å². The van der Waals surface area contributed by atoms with E-state index >= 15 is 0 Å². The lowest BCUT2D eigenvalue weighted by Crippen LogP contribution is -2.29. The van der Waals surface area contributed by atoms with Gasteiger partial charge in [-0.15, -0.1) is 0 Å². The summed E-state index contributed by atoms with van der Waals surface area (Å²) in [5.41, 5.74) is 0. The topological polar surface area (TPSA) is 46.2 Å². The highest BCUT2D eigenvalue weighted by molar-refractivity contribution is 7.89. The van der Waals surface area contributed by atoms with Crippen molar-refractivity contribution in [2.75, 3.05) is 6.54 Å². The van der Waals surface area contributed by atoms with Crippen molar-refractivity contribution in [1.82, 2.24) is 4.72 Å². The van der Waals surface area contributed by atoms with Crippen molar-refractivity contribution in [2.45, 2.75) is 24.7 Å². The molecule has 1 saturated carbocycles. The Kier molecular flexibility index (Phi) is 3.30. The molecule has 0 aromatic heterocycles. The van der Waals surface area contributed by atoms with Gasteiger partial charge in [-0.05, 0) is 36.8 Å². The molecule has 2 rings (SSSR count). The Morgan fingerprint density at radius 1 is 1.31 bits per heavy atom. The van der Waals surface area contributed by atoms with E-state index in [1.165, 1.54) is 12.8 Å². The second kappa shape index (κ2) is 4.55. The molecular formula is C12H17NO2S. The summed E-state index contributed by atoms with van der Waals surface area (Å²) in [6.07, 6.45) is 2.49. The van der Waals surface area contributed by atoms with Gasteiger partial charge in [-0.25, -0.2) is 13.1 Å². The first-order valence-corrected chi connectivity index (χ1v) is 7.12. The van der Waals surface area contributed by atoms with Gasteiger partial charge in [-0.3, -0.25) is 0 Å². The number of sulfonamides is 1. The van der Waals surface area contributed by atoms with Crippen LogP contribution in [-0.2, 0) is 10.0 Å². The largest absolute Gasteiger partial charge is 0.240 e. The summed E-state index contributed by atoms with van der Waals surface area (Å²) in [6, 6.07) is 8.51. The molecule has 88 valence electrons. The molecule has 16 heavy (non-hydrogen) atoms. The van der Waals surface area contributed by atoms with Crippen LogP contribution in [0.5, 0.6) is 0 Å². The van der Waals surface area contributed by atoms with E-state index in [4.69, 9.17) is 0 Å². The molecule has 4 heteroatoms. The Morgan fingerprint density at radius 3 is 2.50 bits per heavy atom. The zero-order valence-electron chi connectivity index (χ0n) is 9.39. The van der Waals surface area contributed by atoms with Crippen LogP contribution < -0.4 is 4.72 Å². The lowest BCUT2D eigenvalue weighted by atomic mass is 10.1. The third kappa shape index (κ3) is 2.83. The zero-order chi connectivity index (χ0) is 11.6. The number of rotatable bonds is 5. The van der Waals surface area contributed by atoms with E-state index < -0.39 is 10.0 Å². The first-order chi connectivity index (χ1) is 7.59. The fraction of sp³-hybridized carbons (Fsp3) is 0.500. The van der Waals surface area contributed by atoms with Crippen LogP contribution in [0, 0.1) is 11.8 Å². The van der Waals surface area contributed by atoms with Crippen molar-refractivity contribution in [3.63, 3.8) is 0 Å². The predicted octanol–water partition coefficient (Wildman–Crippen LogP) is 2.01. The highest BCUT2D eigenvalue weighted by Gasteiger charge is 2.28. The summed E-state index contributed by atoms with van der Waals surface area (Å²) in [5, 5.41) is 0. The van der Waals surface area contributed by atoms with Gasteiger partial charge in [0.2, 0.25) is 10.0 Å². The van der Waals surface area contributed by atoms with Crippen LogP contribution in [0.2, 0.25) is 0 Å². The Hall–Kier alpha value is -0.870. The quantitative estimate of drug-likeness (QED) is 0.854. The van der Waals surface area contributed by atoms with Crippen molar-refractivity contribution in [1.29, 1.82) is 0 Å². The maximum atomic E-state index is 11.9. The molecule has 3 nitrogen and oxygen atoms in total. The molecule has 0 bridgehead atoms. The summed E-state index contributed by atoms with van der Waals surface area (Å²) in [5.74, 6) is 1.16. The molecule has 1 unspecified atom stereocenters. The van der Waals surface area contributed by atoms with Crippen LogP contribution >= 0.6 is 0 Å². The molecular weight excluding hydrogens is 222 g/mol. The number of hydrogen-bond acceptors (Lipinski definition) is 2. The Balaban J connectivity index is 1.97. The average molecular weight is 239 g/mol. The van der Waals surface area contributed by atoms with E-state index in [9.17, 15) is 8.42 Å². The molecule has 0 aliphatic heterocycles. The fourth-order valence-electron chi connectivity index (χ4n) is 1.76. The first kappa shape index (κ1) is 11.6. The molecule has 0 radical (unpaired) electrons. The minimum absolute atomic E-state index is 0.345. The Labute approximate surface area is 96.9 Å². The van der Waals surface area contributed by atoms with Gasteiger partial charge in [0.05, 0.1) is 4.90 Å². The molecule has 1 atom stereocenters. The highest BCUT2D eigenvalue weighted by Crippen LogP contribution is 2.36. The van der Waals surface area contributed by atoms with Gasteiger partial charge in [0.1, 0.15) is 0 Å². The summed E-state index contributed by atoms with van der Waals surface area (Å²) in [4.78, 5) is 0.345. The fourth-order valence-corrected chi connectivity index (χ4v) is 2.92. The van der Waals surface area contributed by atoms with E-state index in [-0.39, 0.29) is 0 Å². The van der Waals surface area contributed by atoms with E-state index in [1.54, 1.807) is 24.3 Å². The zero-order valence-corrected chi connectivity index (χ0v) is 10.2. The van der Waals surface area contributed by atoms with Gasteiger partial charge < -0.3 is 0 Å². The monoisotopic (exact) mass is 239 g/mol. The molecule has 1 aromatic carbocycles. The molecule has 0 spiro atoms. The predicted molar refractivity (Wildman–Crippen MR) is 63.5 cm³/mol. The third-order valence-corrected chi connectivity index (χ3v) is 4.52. The summed E-state index contributed by atoms with van der Waals surface area (Å²) < 4.78 is 26.4. The average Bonchev–Trinajstić information content (AvgIpc) is 3.11. The number of benzene rings is 1. The lowest BCUT2D eigenvalue weighted by Gasteiger charge is -2.11.